The van der Waals surface area contributed by atoms with Gasteiger partial charge in [0.2, 0.25) is 0 Å². The average Bonchev–Trinajstić information content (AvgIpc) is 2.47. The SMILES string of the molecule is CCc1cccc(CC)c1Nc1ccc([N+](=O)[O-])c(N)c1. The van der Waals surface area contributed by atoms with E-state index in [1.807, 2.05) is 6.07 Å². The maximum atomic E-state index is 10.8. The summed E-state index contributed by atoms with van der Waals surface area (Å²) in [4.78, 5) is 10.3. The molecule has 0 aliphatic rings. The Morgan fingerprint density at radius 2 is 1.76 bits per heavy atom. The van der Waals surface area contributed by atoms with Crippen molar-refractivity contribution in [1.29, 1.82) is 0 Å². The average molecular weight is 285 g/mol. The lowest BCUT2D eigenvalue weighted by Gasteiger charge is -2.15. The Balaban J connectivity index is 2.38. The number of nitrogens with one attached hydrogen (secondary N) is 1. The number of nitro benzene ring substituents is 1. The molecule has 0 unspecified atom stereocenters. The normalized spacial score (nSPS) is 10.4. The smallest absolute Gasteiger partial charge is 0.292 e. The fourth-order valence-corrected chi connectivity index (χ4v) is 2.35. The van der Waals surface area contributed by atoms with Crippen LogP contribution < -0.4 is 11.1 Å². The van der Waals surface area contributed by atoms with Crippen LogP contribution in [0.5, 0.6) is 0 Å². The van der Waals surface area contributed by atoms with Gasteiger partial charge in [0.1, 0.15) is 5.69 Å². The van der Waals surface area contributed by atoms with Crippen molar-refractivity contribution in [3.05, 3.63) is 57.6 Å². The number of anilines is 3. The van der Waals surface area contributed by atoms with Crippen LogP contribution in [0.4, 0.5) is 22.7 Å². The van der Waals surface area contributed by atoms with Crippen LogP contribution in [0, 0.1) is 10.1 Å². The van der Waals surface area contributed by atoms with Gasteiger partial charge in [-0.2, -0.15) is 0 Å². The van der Waals surface area contributed by atoms with E-state index in [0.717, 1.165) is 24.2 Å². The highest BCUT2D eigenvalue weighted by Crippen LogP contribution is 2.30. The molecule has 5 nitrogen and oxygen atoms in total. The number of hydrogen-bond donors (Lipinski definition) is 2. The van der Waals surface area contributed by atoms with E-state index in [4.69, 9.17) is 5.73 Å². The lowest BCUT2D eigenvalue weighted by molar-refractivity contribution is -0.383. The highest BCUT2D eigenvalue weighted by Gasteiger charge is 2.12. The molecular formula is C16H19N3O2. The molecule has 110 valence electrons. The Bertz CT molecular complexity index is 646. The van der Waals surface area contributed by atoms with E-state index < -0.39 is 4.92 Å². The lowest BCUT2D eigenvalue weighted by atomic mass is 10.0. The van der Waals surface area contributed by atoms with Crippen LogP contribution in [0.15, 0.2) is 36.4 Å². The fourth-order valence-electron chi connectivity index (χ4n) is 2.35. The minimum atomic E-state index is -0.476. The molecule has 21 heavy (non-hydrogen) atoms. The number of nitrogens with two attached hydrogens (primary N) is 1. The minimum absolute atomic E-state index is 0.0694. The first kappa shape index (κ1) is 14.8. The predicted octanol–water partition coefficient (Wildman–Crippen LogP) is 4.05. The van der Waals surface area contributed by atoms with Crippen LogP contribution in [-0.4, -0.2) is 4.92 Å². The van der Waals surface area contributed by atoms with Crippen LogP contribution in [0.25, 0.3) is 0 Å². The maximum Gasteiger partial charge on any atom is 0.292 e. The molecular weight excluding hydrogens is 266 g/mol. The van der Waals surface area contributed by atoms with Gasteiger partial charge in [-0.25, -0.2) is 0 Å². The van der Waals surface area contributed by atoms with Gasteiger partial charge >= 0.3 is 0 Å². The zero-order chi connectivity index (χ0) is 15.4. The second kappa shape index (κ2) is 6.26. The summed E-state index contributed by atoms with van der Waals surface area (Å²) < 4.78 is 0. The minimum Gasteiger partial charge on any atom is -0.393 e. The van der Waals surface area contributed by atoms with Crippen molar-refractivity contribution in [3.8, 4) is 0 Å². The molecule has 0 spiro atoms. The zero-order valence-corrected chi connectivity index (χ0v) is 12.2. The van der Waals surface area contributed by atoms with Crippen molar-refractivity contribution >= 4 is 22.7 Å². The van der Waals surface area contributed by atoms with Crippen LogP contribution >= 0.6 is 0 Å². The van der Waals surface area contributed by atoms with Crippen LogP contribution in [0.3, 0.4) is 0 Å². The highest BCUT2D eigenvalue weighted by molar-refractivity contribution is 5.72. The molecule has 5 heteroatoms. The number of rotatable bonds is 5. The molecule has 3 N–H and O–H groups in total. The van der Waals surface area contributed by atoms with E-state index in [1.165, 1.54) is 17.2 Å². The third-order valence-corrected chi connectivity index (χ3v) is 3.49. The fraction of sp³-hybridized carbons (Fsp3) is 0.250. The van der Waals surface area contributed by atoms with Crippen molar-refractivity contribution < 1.29 is 4.92 Å². The van der Waals surface area contributed by atoms with E-state index in [1.54, 1.807) is 12.1 Å². The molecule has 0 amide bonds. The molecule has 0 fully saturated rings. The topological polar surface area (TPSA) is 81.2 Å². The summed E-state index contributed by atoms with van der Waals surface area (Å²) in [6.45, 7) is 4.20. The van der Waals surface area contributed by atoms with Crippen molar-refractivity contribution in [2.24, 2.45) is 0 Å². The molecule has 2 aromatic rings. The Morgan fingerprint density at radius 1 is 1.14 bits per heavy atom. The molecule has 0 aliphatic carbocycles. The van der Waals surface area contributed by atoms with Crippen molar-refractivity contribution in [2.45, 2.75) is 26.7 Å². The van der Waals surface area contributed by atoms with Gasteiger partial charge in [-0.3, -0.25) is 10.1 Å². The second-order valence-corrected chi connectivity index (χ2v) is 4.81. The van der Waals surface area contributed by atoms with Gasteiger partial charge in [-0.1, -0.05) is 32.0 Å². The second-order valence-electron chi connectivity index (χ2n) is 4.81. The van der Waals surface area contributed by atoms with Crippen molar-refractivity contribution in [1.82, 2.24) is 0 Å². The molecule has 0 bridgehead atoms. The number of nitrogen functional groups attached to an aromatic ring is 1. The molecule has 0 aromatic heterocycles. The lowest BCUT2D eigenvalue weighted by Crippen LogP contribution is -2.01. The quantitative estimate of drug-likeness (QED) is 0.493. The summed E-state index contributed by atoms with van der Waals surface area (Å²) in [5.74, 6) is 0. The third kappa shape index (κ3) is 3.13. The molecule has 0 saturated heterocycles. The van der Waals surface area contributed by atoms with Crippen LogP contribution in [0.2, 0.25) is 0 Å². The Hall–Kier alpha value is -2.56. The predicted molar refractivity (Wildman–Crippen MR) is 86.0 cm³/mol. The van der Waals surface area contributed by atoms with Gasteiger partial charge < -0.3 is 11.1 Å². The monoisotopic (exact) mass is 285 g/mol. The number of hydrogen-bond acceptors (Lipinski definition) is 4. The molecule has 2 rings (SSSR count). The van der Waals surface area contributed by atoms with Crippen molar-refractivity contribution in [3.63, 3.8) is 0 Å². The van der Waals surface area contributed by atoms with Crippen LogP contribution in [0.1, 0.15) is 25.0 Å². The summed E-state index contributed by atoms with van der Waals surface area (Å²) in [5.41, 5.74) is 10.1. The highest BCUT2D eigenvalue weighted by atomic mass is 16.6. The number of para-hydroxylation sites is 1. The van der Waals surface area contributed by atoms with Gasteiger partial charge in [0.25, 0.3) is 5.69 Å². The molecule has 0 saturated carbocycles. The zero-order valence-electron chi connectivity index (χ0n) is 12.2. The third-order valence-electron chi connectivity index (χ3n) is 3.49. The molecule has 0 heterocycles. The van der Waals surface area contributed by atoms with Gasteiger partial charge in [0.15, 0.2) is 0 Å². The van der Waals surface area contributed by atoms with E-state index in [0.29, 0.717) is 0 Å². The van der Waals surface area contributed by atoms with Gasteiger partial charge in [-0.05, 0) is 36.1 Å². The van der Waals surface area contributed by atoms with Crippen LogP contribution in [-0.2, 0) is 12.8 Å². The molecule has 0 radical (unpaired) electrons. The van der Waals surface area contributed by atoms with Gasteiger partial charge in [-0.15, -0.1) is 0 Å². The number of nitro groups is 1. The molecule has 0 aliphatic heterocycles. The van der Waals surface area contributed by atoms with Crippen molar-refractivity contribution in [2.75, 3.05) is 11.1 Å². The van der Waals surface area contributed by atoms with E-state index >= 15 is 0 Å². The summed E-state index contributed by atoms with van der Waals surface area (Å²) in [6.07, 6.45) is 1.83. The molecule has 0 atom stereocenters. The maximum absolute atomic E-state index is 10.8. The van der Waals surface area contributed by atoms with Gasteiger partial charge in [0.05, 0.1) is 4.92 Å². The summed E-state index contributed by atoms with van der Waals surface area (Å²) in [5, 5.41) is 14.1. The number of aryl methyl sites for hydroxylation is 2. The Labute approximate surface area is 123 Å². The van der Waals surface area contributed by atoms with E-state index in [9.17, 15) is 10.1 Å². The first-order valence-electron chi connectivity index (χ1n) is 6.98. The van der Waals surface area contributed by atoms with Gasteiger partial charge in [0, 0.05) is 17.4 Å². The Kier molecular flexibility index (Phi) is 4.42. The largest absolute Gasteiger partial charge is 0.393 e. The first-order valence-corrected chi connectivity index (χ1v) is 6.98. The number of nitrogens with zero attached hydrogens (tertiary/aromatic N) is 1. The summed E-state index contributed by atoms with van der Waals surface area (Å²) in [6, 6.07) is 10.9. The molecule has 2 aromatic carbocycles. The summed E-state index contributed by atoms with van der Waals surface area (Å²) >= 11 is 0. The Morgan fingerprint density at radius 3 is 2.24 bits per heavy atom. The standard InChI is InChI=1S/C16H19N3O2/c1-3-11-6-5-7-12(4-2)16(11)18-13-8-9-15(19(20)21)14(17)10-13/h5-10,18H,3-4,17H2,1-2H3. The first-order chi connectivity index (χ1) is 10.1. The van der Waals surface area contributed by atoms with E-state index in [-0.39, 0.29) is 11.4 Å². The summed E-state index contributed by atoms with van der Waals surface area (Å²) in [7, 11) is 0. The number of benzene rings is 2. The van der Waals surface area contributed by atoms with E-state index in [2.05, 4.69) is 31.3 Å².